The molecule has 1 unspecified atom stereocenters. The Hall–Kier alpha value is -1.46. The highest BCUT2D eigenvalue weighted by molar-refractivity contribution is 7.71. The molecule has 1 aliphatic rings. The third-order valence-electron chi connectivity index (χ3n) is 3.24. The van der Waals surface area contributed by atoms with Crippen LogP contribution in [0.25, 0.3) is 11.4 Å². The summed E-state index contributed by atoms with van der Waals surface area (Å²) in [4.78, 5) is 0. The zero-order valence-corrected chi connectivity index (χ0v) is 10.8. The van der Waals surface area contributed by atoms with Gasteiger partial charge < -0.3 is 4.74 Å². The summed E-state index contributed by atoms with van der Waals surface area (Å²) >= 11 is 5.34. The largest absolute Gasteiger partial charge is 0.379 e. The van der Waals surface area contributed by atoms with Gasteiger partial charge in [0.1, 0.15) is 0 Å². The topological polar surface area (TPSA) is 42.8 Å². The van der Waals surface area contributed by atoms with E-state index >= 15 is 0 Å². The monoisotopic (exact) mass is 261 g/mol. The number of hydrogen-bond acceptors (Lipinski definition) is 3. The van der Waals surface area contributed by atoms with E-state index in [1.165, 1.54) is 0 Å². The number of H-pyrrole nitrogens is 1. The average molecular weight is 261 g/mol. The molecule has 94 valence electrons. The lowest BCUT2D eigenvalue weighted by Gasteiger charge is -2.24. The van der Waals surface area contributed by atoms with E-state index in [1.807, 2.05) is 30.3 Å². The molecule has 2 heterocycles. The fourth-order valence-electron chi connectivity index (χ4n) is 2.36. The van der Waals surface area contributed by atoms with Crippen molar-refractivity contribution in [3.63, 3.8) is 0 Å². The lowest BCUT2D eigenvalue weighted by molar-refractivity contribution is 0.0591. The van der Waals surface area contributed by atoms with Crippen molar-refractivity contribution in [2.45, 2.75) is 18.9 Å². The first-order chi connectivity index (χ1) is 8.86. The number of nitrogens with zero attached hydrogens (tertiary/aromatic N) is 2. The summed E-state index contributed by atoms with van der Waals surface area (Å²) in [5.74, 6) is 0.899. The molecule has 0 bridgehead atoms. The van der Waals surface area contributed by atoms with Gasteiger partial charge in [0.05, 0.1) is 12.6 Å². The maximum atomic E-state index is 5.54. The molecule has 1 fully saturated rings. The van der Waals surface area contributed by atoms with E-state index < -0.39 is 0 Å². The Morgan fingerprint density at radius 2 is 2.17 bits per heavy atom. The van der Waals surface area contributed by atoms with Crippen LogP contribution in [-0.2, 0) is 4.74 Å². The maximum absolute atomic E-state index is 5.54. The summed E-state index contributed by atoms with van der Waals surface area (Å²) in [6.07, 6.45) is 2.17. The first kappa shape index (κ1) is 11.6. The Bertz CT molecular complexity index is 569. The standard InChI is InChI=1S/C13H15N3OS/c18-13-15-14-12(10-5-2-1-3-6-10)16(13)11-7-4-8-17-9-11/h1-3,5-6,11H,4,7-9H2,(H,15,18). The Labute approximate surface area is 111 Å². The van der Waals surface area contributed by atoms with Crippen LogP contribution in [0.3, 0.4) is 0 Å². The lowest BCUT2D eigenvalue weighted by Crippen LogP contribution is -2.22. The minimum atomic E-state index is 0.292. The maximum Gasteiger partial charge on any atom is 0.195 e. The summed E-state index contributed by atoms with van der Waals surface area (Å²) < 4.78 is 8.30. The number of benzene rings is 1. The summed E-state index contributed by atoms with van der Waals surface area (Å²) in [5.41, 5.74) is 1.08. The summed E-state index contributed by atoms with van der Waals surface area (Å²) in [7, 11) is 0. The zero-order chi connectivity index (χ0) is 12.4. The van der Waals surface area contributed by atoms with Gasteiger partial charge in [0, 0.05) is 12.2 Å². The molecular weight excluding hydrogens is 246 g/mol. The van der Waals surface area contributed by atoms with Gasteiger partial charge in [0.25, 0.3) is 0 Å². The van der Waals surface area contributed by atoms with Gasteiger partial charge in [0.2, 0.25) is 0 Å². The predicted molar refractivity (Wildman–Crippen MR) is 71.9 cm³/mol. The fraction of sp³-hybridized carbons (Fsp3) is 0.385. The van der Waals surface area contributed by atoms with E-state index in [0.29, 0.717) is 17.4 Å². The number of hydrogen-bond donors (Lipinski definition) is 1. The van der Waals surface area contributed by atoms with Gasteiger partial charge in [-0.3, -0.25) is 9.67 Å². The van der Waals surface area contributed by atoms with Crippen LogP contribution in [-0.4, -0.2) is 28.0 Å². The Morgan fingerprint density at radius 3 is 2.89 bits per heavy atom. The van der Waals surface area contributed by atoms with Gasteiger partial charge in [-0.15, -0.1) is 0 Å². The highest BCUT2D eigenvalue weighted by atomic mass is 32.1. The van der Waals surface area contributed by atoms with Gasteiger partial charge in [0.15, 0.2) is 10.6 Å². The first-order valence-electron chi connectivity index (χ1n) is 6.16. The average Bonchev–Trinajstić information content (AvgIpc) is 2.83. The molecule has 1 aromatic carbocycles. The quantitative estimate of drug-likeness (QED) is 0.845. The van der Waals surface area contributed by atoms with Gasteiger partial charge >= 0.3 is 0 Å². The van der Waals surface area contributed by atoms with Crippen molar-refractivity contribution in [1.29, 1.82) is 0 Å². The minimum Gasteiger partial charge on any atom is -0.379 e. The van der Waals surface area contributed by atoms with Crippen LogP contribution in [0.2, 0.25) is 0 Å². The molecule has 1 aliphatic heterocycles. The summed E-state index contributed by atoms with van der Waals surface area (Å²) in [6, 6.07) is 10.4. The molecule has 0 saturated carbocycles. The van der Waals surface area contributed by atoms with Crippen molar-refractivity contribution in [3.8, 4) is 11.4 Å². The van der Waals surface area contributed by atoms with Gasteiger partial charge in [-0.2, -0.15) is 5.10 Å². The second kappa shape index (κ2) is 5.04. The van der Waals surface area contributed by atoms with E-state index in [-0.39, 0.29) is 0 Å². The lowest BCUT2D eigenvalue weighted by atomic mass is 10.1. The molecule has 3 rings (SSSR count). The van der Waals surface area contributed by atoms with E-state index in [4.69, 9.17) is 17.0 Å². The highest BCUT2D eigenvalue weighted by Gasteiger charge is 2.20. The van der Waals surface area contributed by atoms with Crippen molar-refractivity contribution < 1.29 is 4.74 Å². The van der Waals surface area contributed by atoms with Crippen LogP contribution < -0.4 is 0 Å². The molecule has 1 atom stereocenters. The van der Waals surface area contributed by atoms with E-state index in [1.54, 1.807) is 0 Å². The molecular formula is C13H15N3OS. The van der Waals surface area contributed by atoms with Crippen molar-refractivity contribution in [2.24, 2.45) is 0 Å². The molecule has 2 aromatic rings. The van der Waals surface area contributed by atoms with E-state index in [0.717, 1.165) is 30.8 Å². The van der Waals surface area contributed by atoms with Crippen LogP contribution >= 0.6 is 12.2 Å². The molecule has 5 heteroatoms. The molecule has 1 saturated heterocycles. The molecule has 0 aliphatic carbocycles. The molecule has 1 aromatic heterocycles. The van der Waals surface area contributed by atoms with E-state index in [9.17, 15) is 0 Å². The second-order valence-electron chi connectivity index (χ2n) is 4.46. The number of aromatic amines is 1. The van der Waals surface area contributed by atoms with Crippen molar-refractivity contribution in [2.75, 3.05) is 13.2 Å². The zero-order valence-electron chi connectivity index (χ0n) is 10.0. The Kier molecular flexibility index (Phi) is 3.25. The Balaban J connectivity index is 2.03. The minimum absolute atomic E-state index is 0.292. The third-order valence-corrected chi connectivity index (χ3v) is 3.53. The smallest absolute Gasteiger partial charge is 0.195 e. The SMILES string of the molecule is S=c1[nH]nc(-c2ccccc2)n1C1CCCOC1. The number of ether oxygens (including phenoxy) is 1. The first-order valence-corrected chi connectivity index (χ1v) is 6.57. The van der Waals surface area contributed by atoms with Crippen LogP contribution in [0.4, 0.5) is 0 Å². The van der Waals surface area contributed by atoms with Crippen molar-refractivity contribution in [3.05, 3.63) is 35.1 Å². The van der Waals surface area contributed by atoms with Gasteiger partial charge in [-0.25, -0.2) is 0 Å². The van der Waals surface area contributed by atoms with Crippen LogP contribution in [0.15, 0.2) is 30.3 Å². The Morgan fingerprint density at radius 1 is 1.33 bits per heavy atom. The normalized spacial score (nSPS) is 19.9. The predicted octanol–water partition coefficient (Wildman–Crippen LogP) is 2.96. The molecule has 0 spiro atoms. The number of aromatic nitrogens is 3. The van der Waals surface area contributed by atoms with Crippen molar-refractivity contribution >= 4 is 12.2 Å². The molecule has 1 N–H and O–H groups in total. The van der Waals surface area contributed by atoms with Crippen molar-refractivity contribution in [1.82, 2.24) is 14.8 Å². The van der Waals surface area contributed by atoms with Crippen LogP contribution in [0, 0.1) is 4.77 Å². The fourth-order valence-corrected chi connectivity index (χ4v) is 2.64. The number of nitrogens with one attached hydrogen (secondary N) is 1. The molecule has 4 nitrogen and oxygen atoms in total. The van der Waals surface area contributed by atoms with Gasteiger partial charge in [-0.05, 0) is 25.1 Å². The van der Waals surface area contributed by atoms with E-state index in [2.05, 4.69) is 14.8 Å². The summed E-state index contributed by atoms with van der Waals surface area (Å²) in [5, 5.41) is 7.24. The summed E-state index contributed by atoms with van der Waals surface area (Å²) in [6.45, 7) is 1.57. The van der Waals surface area contributed by atoms with Crippen LogP contribution in [0.1, 0.15) is 18.9 Å². The molecule has 18 heavy (non-hydrogen) atoms. The third kappa shape index (κ3) is 2.11. The highest BCUT2D eigenvalue weighted by Crippen LogP contribution is 2.26. The molecule has 0 radical (unpaired) electrons. The number of rotatable bonds is 2. The molecule has 0 amide bonds. The van der Waals surface area contributed by atoms with Gasteiger partial charge in [-0.1, -0.05) is 30.3 Å². The van der Waals surface area contributed by atoms with Crippen LogP contribution in [0.5, 0.6) is 0 Å². The second-order valence-corrected chi connectivity index (χ2v) is 4.85.